The first-order valence-electron chi connectivity index (χ1n) is 8.99. The van der Waals surface area contributed by atoms with E-state index in [1.807, 2.05) is 0 Å². The van der Waals surface area contributed by atoms with Crippen molar-refractivity contribution < 1.29 is 37.8 Å². The molecule has 1 aliphatic rings. The Hall–Kier alpha value is -3.84. The molecule has 1 aliphatic heterocycles. The zero-order chi connectivity index (χ0) is 23.8. The number of fused-ring (bicyclic) bond motifs is 1. The zero-order valence-electron chi connectivity index (χ0n) is 16.6. The van der Waals surface area contributed by atoms with E-state index >= 15 is 0 Å². The minimum absolute atomic E-state index is 0.0324. The quantitative estimate of drug-likeness (QED) is 0.475. The third-order valence-electron chi connectivity index (χ3n) is 4.84. The van der Waals surface area contributed by atoms with Crippen molar-refractivity contribution in [2.75, 3.05) is 0 Å². The molecule has 0 N–H and O–H groups in total. The summed E-state index contributed by atoms with van der Waals surface area (Å²) in [6.45, 7) is 2.27. The van der Waals surface area contributed by atoms with Crippen LogP contribution < -0.4 is 10.3 Å². The molecule has 0 aliphatic carbocycles. The minimum atomic E-state index is -4.74. The zero-order valence-corrected chi connectivity index (χ0v) is 16.6. The largest absolute Gasteiger partial charge is 0.485 e. The number of halogens is 3. The second-order valence-electron chi connectivity index (χ2n) is 7.43. The molecule has 0 saturated carbocycles. The molecule has 2 heterocycles. The topological polar surface area (TPSA) is 136 Å². The van der Waals surface area contributed by atoms with Gasteiger partial charge in [0.1, 0.15) is 18.0 Å². The molecule has 0 radical (unpaired) electrons. The molecule has 0 unspecified atom stereocenters. The van der Waals surface area contributed by atoms with Crippen molar-refractivity contribution in [3.8, 4) is 5.75 Å². The van der Waals surface area contributed by atoms with Crippen LogP contribution in [-0.4, -0.2) is 26.4 Å². The number of alkyl halides is 3. The second kappa shape index (κ2) is 8.01. The van der Waals surface area contributed by atoms with Crippen molar-refractivity contribution in [3.05, 3.63) is 83.8 Å². The Morgan fingerprint density at radius 2 is 1.84 bits per heavy atom. The number of ether oxygens (including phenoxy) is 1. The van der Waals surface area contributed by atoms with E-state index in [0.29, 0.717) is 0 Å². The van der Waals surface area contributed by atoms with Gasteiger partial charge in [0, 0.05) is 17.8 Å². The van der Waals surface area contributed by atoms with Gasteiger partial charge in [-0.05, 0) is 37.6 Å². The third-order valence-corrected chi connectivity index (χ3v) is 4.84. The Kier molecular flexibility index (Phi) is 5.72. The number of hydrogen-bond donors (Lipinski definition) is 0. The van der Waals surface area contributed by atoms with E-state index in [4.69, 9.17) is 9.57 Å². The van der Waals surface area contributed by atoms with Crippen molar-refractivity contribution in [1.29, 1.82) is 0 Å². The Morgan fingerprint density at radius 1 is 1.16 bits per heavy atom. The molecular weight excluding hydrogens is 443 g/mol. The smallest absolute Gasteiger partial charge is 0.416 e. The van der Waals surface area contributed by atoms with Gasteiger partial charge in [-0.1, -0.05) is 6.07 Å². The van der Waals surface area contributed by atoms with E-state index in [-0.39, 0.29) is 16.9 Å². The molecular formula is C18H16F3N3O8. The van der Waals surface area contributed by atoms with Gasteiger partial charge in [0.25, 0.3) is 15.7 Å². The Balaban J connectivity index is 2.24. The highest BCUT2D eigenvalue weighted by molar-refractivity contribution is 5.44. The lowest BCUT2D eigenvalue weighted by molar-refractivity contribution is -0.773. The molecule has 0 fully saturated rings. The molecule has 11 nitrogen and oxygen atoms in total. The molecule has 32 heavy (non-hydrogen) atoms. The van der Waals surface area contributed by atoms with Gasteiger partial charge in [-0.25, -0.2) is 0 Å². The SMILES string of the molecule is CC1(C)Oc2ccc(C(F)(F)F)cc2[C@@H](n2cc(CO[N+](=O)[O-])ccc2=O)[C@@H]1O[N+](=O)[O-]. The van der Waals surface area contributed by atoms with Crippen LogP contribution in [0.3, 0.4) is 0 Å². The summed E-state index contributed by atoms with van der Waals surface area (Å²) in [4.78, 5) is 43.3. The van der Waals surface area contributed by atoms with Gasteiger partial charge < -0.3 is 19.0 Å². The molecule has 1 aromatic heterocycles. The van der Waals surface area contributed by atoms with Gasteiger partial charge in [-0.15, -0.1) is 20.2 Å². The number of nitrogens with zero attached hydrogens (tertiary/aromatic N) is 3. The lowest BCUT2D eigenvalue weighted by atomic mass is 9.85. The van der Waals surface area contributed by atoms with Crippen LogP contribution in [-0.2, 0) is 22.5 Å². The van der Waals surface area contributed by atoms with Crippen LogP contribution in [0.15, 0.2) is 41.3 Å². The van der Waals surface area contributed by atoms with Crippen molar-refractivity contribution in [2.24, 2.45) is 0 Å². The van der Waals surface area contributed by atoms with Crippen LogP contribution in [0.5, 0.6) is 5.75 Å². The summed E-state index contributed by atoms with van der Waals surface area (Å²) in [5.41, 5.74) is -3.31. The fraction of sp³-hybridized carbons (Fsp3) is 0.389. The summed E-state index contributed by atoms with van der Waals surface area (Å²) in [5, 5.41) is 19.4. The van der Waals surface area contributed by atoms with Crippen LogP contribution in [0, 0.1) is 20.2 Å². The Labute approximate surface area is 177 Å². The first kappa shape index (κ1) is 22.8. The number of benzene rings is 1. The van der Waals surface area contributed by atoms with E-state index < -0.39 is 51.8 Å². The van der Waals surface area contributed by atoms with Crippen LogP contribution in [0.4, 0.5) is 13.2 Å². The lowest BCUT2D eigenvalue weighted by Gasteiger charge is -2.44. The fourth-order valence-corrected chi connectivity index (χ4v) is 3.49. The fourth-order valence-electron chi connectivity index (χ4n) is 3.49. The van der Waals surface area contributed by atoms with E-state index in [1.165, 1.54) is 19.9 Å². The van der Waals surface area contributed by atoms with Crippen molar-refractivity contribution in [1.82, 2.24) is 4.57 Å². The maximum absolute atomic E-state index is 13.3. The first-order valence-corrected chi connectivity index (χ1v) is 8.99. The molecule has 0 spiro atoms. The van der Waals surface area contributed by atoms with Crippen LogP contribution >= 0.6 is 0 Å². The number of pyridine rings is 1. The highest BCUT2D eigenvalue weighted by Crippen LogP contribution is 2.45. The monoisotopic (exact) mass is 459 g/mol. The summed E-state index contributed by atoms with van der Waals surface area (Å²) in [7, 11) is 0. The number of aromatic nitrogens is 1. The highest BCUT2D eigenvalue weighted by atomic mass is 19.4. The van der Waals surface area contributed by atoms with Gasteiger partial charge in [0.05, 0.1) is 11.6 Å². The molecule has 0 saturated heterocycles. The normalized spacial score (nSPS) is 19.4. The van der Waals surface area contributed by atoms with Gasteiger partial charge in [-0.2, -0.15) is 13.2 Å². The molecule has 2 aromatic rings. The summed E-state index contributed by atoms with van der Waals surface area (Å²) in [6, 6.07) is 3.37. The third kappa shape index (κ3) is 4.58. The average molecular weight is 459 g/mol. The predicted octanol–water partition coefficient (Wildman–Crippen LogP) is 2.91. The van der Waals surface area contributed by atoms with Crippen LogP contribution in [0.1, 0.15) is 36.6 Å². The number of rotatable bonds is 6. The Morgan fingerprint density at radius 3 is 2.44 bits per heavy atom. The first-order chi connectivity index (χ1) is 14.8. The highest BCUT2D eigenvalue weighted by Gasteiger charge is 2.48. The van der Waals surface area contributed by atoms with E-state index in [2.05, 4.69) is 4.84 Å². The van der Waals surface area contributed by atoms with Crippen LogP contribution in [0.2, 0.25) is 0 Å². The van der Waals surface area contributed by atoms with Gasteiger partial charge in [0.15, 0.2) is 6.10 Å². The molecule has 14 heteroatoms. The standard InChI is InChI=1S/C18H16F3N3O8/c1-17(2)16(32-24(28)29)15(12-7-11(18(19,20)21)4-5-13(12)31-17)22-8-10(3-6-14(22)25)9-30-23(26)27/h3-8,15-16H,9H2,1-2H3/t15-,16+/m1/s1. The van der Waals surface area contributed by atoms with Gasteiger partial charge in [-0.3, -0.25) is 4.79 Å². The maximum atomic E-state index is 13.3. The number of hydrogen-bond acceptors (Lipinski definition) is 8. The van der Waals surface area contributed by atoms with Crippen molar-refractivity contribution in [3.63, 3.8) is 0 Å². The molecule has 3 rings (SSSR count). The average Bonchev–Trinajstić information content (AvgIpc) is 2.66. The molecule has 0 bridgehead atoms. The summed E-state index contributed by atoms with van der Waals surface area (Å²) >= 11 is 0. The second-order valence-corrected chi connectivity index (χ2v) is 7.43. The van der Waals surface area contributed by atoms with Gasteiger partial charge >= 0.3 is 6.18 Å². The predicted molar refractivity (Wildman–Crippen MR) is 98.6 cm³/mol. The van der Waals surface area contributed by atoms with E-state index in [0.717, 1.165) is 35.0 Å². The molecule has 2 atom stereocenters. The van der Waals surface area contributed by atoms with E-state index in [9.17, 15) is 38.2 Å². The van der Waals surface area contributed by atoms with E-state index in [1.54, 1.807) is 0 Å². The summed E-state index contributed by atoms with van der Waals surface area (Å²) in [6.07, 6.45) is -5.17. The lowest BCUT2D eigenvalue weighted by Crippen LogP contribution is -2.54. The maximum Gasteiger partial charge on any atom is 0.416 e. The Bertz CT molecular complexity index is 1120. The molecule has 0 amide bonds. The molecule has 172 valence electrons. The summed E-state index contributed by atoms with van der Waals surface area (Å²) in [5.74, 6) is -0.0324. The minimum Gasteiger partial charge on any atom is -0.485 e. The van der Waals surface area contributed by atoms with Crippen molar-refractivity contribution >= 4 is 0 Å². The van der Waals surface area contributed by atoms with Crippen molar-refractivity contribution in [2.45, 2.75) is 44.4 Å². The molecule has 1 aromatic carbocycles. The summed E-state index contributed by atoms with van der Waals surface area (Å²) < 4.78 is 46.6. The van der Waals surface area contributed by atoms with Gasteiger partial charge in [0.2, 0.25) is 0 Å². The van der Waals surface area contributed by atoms with Crippen LogP contribution in [0.25, 0.3) is 0 Å².